The van der Waals surface area contributed by atoms with Crippen molar-refractivity contribution in [3.63, 3.8) is 0 Å². The van der Waals surface area contributed by atoms with Crippen LogP contribution >= 0.6 is 11.8 Å². The molecular formula is C15H10F2N2OS. The van der Waals surface area contributed by atoms with Crippen molar-refractivity contribution in [2.24, 2.45) is 0 Å². The van der Waals surface area contributed by atoms with Gasteiger partial charge in [-0.1, -0.05) is 23.9 Å². The molecule has 0 bridgehead atoms. The highest BCUT2D eigenvalue weighted by Gasteiger charge is 2.07. The molecule has 0 aliphatic carbocycles. The van der Waals surface area contributed by atoms with E-state index >= 15 is 0 Å². The fourth-order valence-corrected chi connectivity index (χ4v) is 2.77. The molecule has 1 N–H and O–H groups in total. The minimum absolute atomic E-state index is 0.185. The molecule has 0 spiro atoms. The third kappa shape index (κ3) is 2.95. The standard InChI is InChI=1S/C15H10F2N2OS/c16-10-5-6-12(17)9(7-10)8-21-15-18-13-4-2-1-3-11(13)14(20)19-15/h1-7H,8H2,(H,18,19,20). The lowest BCUT2D eigenvalue weighted by Gasteiger charge is -2.04. The van der Waals surface area contributed by atoms with Crippen LogP contribution in [0.1, 0.15) is 5.56 Å². The van der Waals surface area contributed by atoms with Crippen LogP contribution in [0.2, 0.25) is 0 Å². The number of thioether (sulfide) groups is 1. The number of hydrogen-bond donors (Lipinski definition) is 1. The van der Waals surface area contributed by atoms with E-state index in [9.17, 15) is 13.6 Å². The lowest BCUT2D eigenvalue weighted by Crippen LogP contribution is -2.09. The van der Waals surface area contributed by atoms with E-state index in [1.807, 2.05) is 0 Å². The molecule has 0 unspecified atom stereocenters. The molecule has 3 rings (SSSR count). The molecule has 1 aromatic heterocycles. The van der Waals surface area contributed by atoms with Crippen molar-refractivity contribution >= 4 is 22.7 Å². The molecule has 0 aliphatic heterocycles. The van der Waals surface area contributed by atoms with Crippen molar-refractivity contribution in [2.45, 2.75) is 10.9 Å². The maximum absolute atomic E-state index is 13.5. The normalized spacial score (nSPS) is 11.0. The molecular weight excluding hydrogens is 294 g/mol. The summed E-state index contributed by atoms with van der Waals surface area (Å²) in [5.41, 5.74) is 0.557. The highest BCUT2D eigenvalue weighted by molar-refractivity contribution is 7.98. The van der Waals surface area contributed by atoms with Gasteiger partial charge in [-0.25, -0.2) is 13.8 Å². The summed E-state index contributed by atoms with van der Waals surface area (Å²) < 4.78 is 26.6. The molecule has 0 atom stereocenters. The second-order valence-electron chi connectivity index (χ2n) is 4.41. The first-order chi connectivity index (χ1) is 10.1. The van der Waals surface area contributed by atoms with Gasteiger partial charge in [-0.2, -0.15) is 0 Å². The SMILES string of the molecule is O=c1[nH]c(SCc2cc(F)ccc2F)nc2ccccc12. The van der Waals surface area contributed by atoms with Gasteiger partial charge >= 0.3 is 0 Å². The summed E-state index contributed by atoms with van der Waals surface area (Å²) in [6.07, 6.45) is 0. The number of halogens is 2. The van der Waals surface area contributed by atoms with Crippen molar-refractivity contribution in [2.75, 3.05) is 0 Å². The van der Waals surface area contributed by atoms with E-state index in [1.165, 1.54) is 0 Å². The minimum Gasteiger partial charge on any atom is -0.301 e. The maximum atomic E-state index is 13.5. The van der Waals surface area contributed by atoms with Crippen LogP contribution in [0.4, 0.5) is 8.78 Å². The Hall–Kier alpha value is -2.21. The number of nitrogens with one attached hydrogen (secondary N) is 1. The van der Waals surface area contributed by atoms with Crippen LogP contribution in [0.5, 0.6) is 0 Å². The van der Waals surface area contributed by atoms with Gasteiger partial charge in [0, 0.05) is 11.3 Å². The number of para-hydroxylation sites is 1. The molecule has 0 aliphatic rings. The first-order valence-corrected chi connectivity index (χ1v) is 7.18. The smallest absolute Gasteiger partial charge is 0.259 e. The van der Waals surface area contributed by atoms with Crippen LogP contribution in [0, 0.1) is 11.6 Å². The number of benzene rings is 2. The molecule has 1 heterocycles. The van der Waals surface area contributed by atoms with Gasteiger partial charge in [0.15, 0.2) is 5.16 Å². The number of H-pyrrole nitrogens is 1. The summed E-state index contributed by atoms with van der Waals surface area (Å²) >= 11 is 1.15. The van der Waals surface area contributed by atoms with E-state index in [0.29, 0.717) is 16.1 Å². The Morgan fingerprint density at radius 2 is 1.95 bits per heavy atom. The van der Waals surface area contributed by atoms with Gasteiger partial charge in [0.25, 0.3) is 5.56 Å². The predicted octanol–water partition coefficient (Wildman–Crippen LogP) is 3.49. The summed E-state index contributed by atoms with van der Waals surface area (Å²) in [7, 11) is 0. The van der Waals surface area contributed by atoms with Gasteiger partial charge in [-0.15, -0.1) is 0 Å². The van der Waals surface area contributed by atoms with E-state index in [0.717, 1.165) is 30.0 Å². The highest BCUT2D eigenvalue weighted by Crippen LogP contribution is 2.22. The van der Waals surface area contributed by atoms with Crippen LogP contribution in [0.15, 0.2) is 52.4 Å². The molecule has 3 aromatic rings. The quantitative estimate of drug-likeness (QED) is 0.595. The molecule has 0 saturated carbocycles. The Kier molecular flexibility index (Phi) is 3.70. The zero-order valence-electron chi connectivity index (χ0n) is 10.8. The third-order valence-corrected chi connectivity index (χ3v) is 3.89. The largest absolute Gasteiger partial charge is 0.301 e. The first-order valence-electron chi connectivity index (χ1n) is 6.19. The monoisotopic (exact) mass is 304 g/mol. The average molecular weight is 304 g/mol. The molecule has 21 heavy (non-hydrogen) atoms. The van der Waals surface area contributed by atoms with E-state index in [-0.39, 0.29) is 16.9 Å². The van der Waals surface area contributed by atoms with Crippen LogP contribution in [0.3, 0.4) is 0 Å². The first kappa shape index (κ1) is 13.8. The molecule has 0 radical (unpaired) electrons. The summed E-state index contributed by atoms with van der Waals surface area (Å²) in [5, 5.41) is 0.876. The lowest BCUT2D eigenvalue weighted by atomic mass is 10.2. The minimum atomic E-state index is -0.494. The molecule has 0 saturated heterocycles. The predicted molar refractivity (Wildman–Crippen MR) is 78.3 cm³/mol. The number of fused-ring (bicyclic) bond motifs is 1. The Labute approximate surface area is 123 Å². The summed E-state index contributed by atoms with van der Waals surface area (Å²) in [6.45, 7) is 0. The van der Waals surface area contributed by atoms with Crippen LogP contribution in [0.25, 0.3) is 10.9 Å². The third-order valence-electron chi connectivity index (χ3n) is 2.96. The van der Waals surface area contributed by atoms with Crippen LogP contribution in [-0.2, 0) is 5.75 Å². The summed E-state index contributed by atoms with van der Waals surface area (Å²) in [4.78, 5) is 18.8. The van der Waals surface area contributed by atoms with Crippen LogP contribution < -0.4 is 5.56 Å². The topological polar surface area (TPSA) is 45.8 Å². The Balaban J connectivity index is 1.88. The van der Waals surface area contributed by atoms with Crippen molar-refractivity contribution in [1.82, 2.24) is 9.97 Å². The number of aromatic nitrogens is 2. The van der Waals surface area contributed by atoms with Crippen molar-refractivity contribution < 1.29 is 8.78 Å². The van der Waals surface area contributed by atoms with E-state index in [1.54, 1.807) is 24.3 Å². The molecule has 0 amide bonds. The Bertz CT molecular complexity index is 864. The molecule has 2 aromatic carbocycles. The summed E-state index contributed by atoms with van der Waals surface area (Å²) in [6, 6.07) is 10.3. The Morgan fingerprint density at radius 3 is 2.81 bits per heavy atom. The number of aromatic amines is 1. The van der Waals surface area contributed by atoms with Crippen molar-refractivity contribution in [3.05, 3.63) is 70.0 Å². The maximum Gasteiger partial charge on any atom is 0.259 e. The Morgan fingerprint density at radius 1 is 1.14 bits per heavy atom. The van der Waals surface area contributed by atoms with Crippen LogP contribution in [-0.4, -0.2) is 9.97 Å². The molecule has 106 valence electrons. The summed E-state index contributed by atoms with van der Waals surface area (Å²) in [5.74, 6) is -0.788. The van der Waals surface area contributed by atoms with Gasteiger partial charge in [-0.3, -0.25) is 4.79 Å². The number of hydrogen-bond acceptors (Lipinski definition) is 3. The zero-order valence-corrected chi connectivity index (χ0v) is 11.6. The zero-order chi connectivity index (χ0) is 14.8. The van der Waals surface area contributed by atoms with Gasteiger partial charge < -0.3 is 4.98 Å². The molecule has 6 heteroatoms. The lowest BCUT2D eigenvalue weighted by molar-refractivity contribution is 0.591. The average Bonchev–Trinajstić information content (AvgIpc) is 2.48. The number of nitrogens with zero attached hydrogens (tertiary/aromatic N) is 1. The second-order valence-corrected chi connectivity index (χ2v) is 5.38. The highest BCUT2D eigenvalue weighted by atomic mass is 32.2. The van der Waals surface area contributed by atoms with Gasteiger partial charge in [0.05, 0.1) is 10.9 Å². The van der Waals surface area contributed by atoms with E-state index in [4.69, 9.17) is 0 Å². The molecule has 3 nitrogen and oxygen atoms in total. The van der Waals surface area contributed by atoms with Gasteiger partial charge in [0.2, 0.25) is 0 Å². The van der Waals surface area contributed by atoms with E-state index in [2.05, 4.69) is 9.97 Å². The second kappa shape index (κ2) is 5.65. The fourth-order valence-electron chi connectivity index (χ4n) is 1.93. The fraction of sp³-hybridized carbons (Fsp3) is 0.0667. The van der Waals surface area contributed by atoms with Gasteiger partial charge in [0.1, 0.15) is 11.6 Å². The molecule has 0 fully saturated rings. The van der Waals surface area contributed by atoms with Gasteiger partial charge in [-0.05, 0) is 30.3 Å². The number of rotatable bonds is 3. The van der Waals surface area contributed by atoms with E-state index < -0.39 is 11.6 Å². The van der Waals surface area contributed by atoms with Crippen molar-refractivity contribution in [3.8, 4) is 0 Å². The van der Waals surface area contributed by atoms with Crippen molar-refractivity contribution in [1.29, 1.82) is 0 Å².